The second-order valence-corrected chi connectivity index (χ2v) is 3.93. The predicted octanol–water partition coefficient (Wildman–Crippen LogP) is 0.971. The second kappa shape index (κ2) is 6.36. The smallest absolute Gasteiger partial charge is 0.255 e. The molecule has 0 bridgehead atoms. The molecule has 0 fully saturated rings. The third-order valence-corrected chi connectivity index (χ3v) is 2.49. The largest absolute Gasteiger partial charge is 0.384 e. The zero-order valence-electron chi connectivity index (χ0n) is 10.5. The molecule has 5 nitrogen and oxygen atoms in total. The van der Waals surface area contributed by atoms with Crippen LogP contribution < -0.4 is 10.9 Å². The topological polar surface area (TPSA) is 82.2 Å². The molecular weight excluding hydrogens is 256 g/mol. The van der Waals surface area contributed by atoms with E-state index in [1.165, 1.54) is 18.3 Å². The lowest BCUT2D eigenvalue weighted by atomic mass is 10.2. The van der Waals surface area contributed by atoms with Gasteiger partial charge in [0.15, 0.2) is 0 Å². The van der Waals surface area contributed by atoms with E-state index in [0.717, 1.165) is 5.56 Å². The van der Waals surface area contributed by atoms with Crippen molar-refractivity contribution in [2.24, 2.45) is 0 Å². The van der Waals surface area contributed by atoms with Gasteiger partial charge < -0.3 is 15.4 Å². The maximum absolute atomic E-state index is 11.9. The minimum absolute atomic E-state index is 0.193. The van der Waals surface area contributed by atoms with Crippen molar-refractivity contribution >= 4 is 11.6 Å². The van der Waals surface area contributed by atoms with Crippen LogP contribution in [0.2, 0.25) is 0 Å². The first-order chi connectivity index (χ1) is 9.69. The molecule has 20 heavy (non-hydrogen) atoms. The molecule has 1 aromatic carbocycles. The fraction of sp³-hybridized carbons (Fsp3) is 0.0667. The predicted molar refractivity (Wildman–Crippen MR) is 75.4 cm³/mol. The van der Waals surface area contributed by atoms with Crippen molar-refractivity contribution in [2.45, 2.75) is 0 Å². The van der Waals surface area contributed by atoms with Gasteiger partial charge in [0.2, 0.25) is 5.56 Å². The molecule has 0 saturated carbocycles. The fourth-order valence-electron chi connectivity index (χ4n) is 1.57. The van der Waals surface area contributed by atoms with Gasteiger partial charge in [0.25, 0.3) is 5.91 Å². The van der Waals surface area contributed by atoms with E-state index < -0.39 is 0 Å². The normalized spacial score (nSPS) is 9.45. The Hall–Kier alpha value is -2.84. The van der Waals surface area contributed by atoms with Gasteiger partial charge in [0.1, 0.15) is 6.61 Å². The highest BCUT2D eigenvalue weighted by Gasteiger charge is 2.06. The number of carbonyl (C=O) groups excluding carboxylic acids is 1. The van der Waals surface area contributed by atoms with E-state index in [4.69, 9.17) is 5.11 Å². The van der Waals surface area contributed by atoms with Crippen molar-refractivity contribution < 1.29 is 9.90 Å². The van der Waals surface area contributed by atoms with Crippen LogP contribution in [0, 0.1) is 11.8 Å². The van der Waals surface area contributed by atoms with Gasteiger partial charge in [-0.1, -0.05) is 11.8 Å². The van der Waals surface area contributed by atoms with Crippen LogP contribution in [0.15, 0.2) is 47.4 Å². The summed E-state index contributed by atoms with van der Waals surface area (Å²) in [7, 11) is 0. The van der Waals surface area contributed by atoms with Gasteiger partial charge in [-0.15, -0.1) is 0 Å². The Kier molecular flexibility index (Phi) is 4.32. The molecule has 0 saturated heterocycles. The Bertz CT molecular complexity index is 721. The Balaban J connectivity index is 2.10. The molecule has 0 atom stereocenters. The molecule has 0 aliphatic rings. The number of hydrogen-bond donors (Lipinski definition) is 3. The molecule has 0 aliphatic heterocycles. The van der Waals surface area contributed by atoms with Crippen LogP contribution in [0.1, 0.15) is 15.9 Å². The molecular formula is C15H12N2O3. The van der Waals surface area contributed by atoms with Crippen molar-refractivity contribution in [2.75, 3.05) is 11.9 Å². The summed E-state index contributed by atoms with van der Waals surface area (Å²) in [6.45, 7) is -0.193. The lowest BCUT2D eigenvalue weighted by molar-refractivity contribution is 0.102. The molecule has 2 rings (SSSR count). The van der Waals surface area contributed by atoms with Crippen molar-refractivity contribution in [3.8, 4) is 11.8 Å². The van der Waals surface area contributed by atoms with E-state index >= 15 is 0 Å². The summed E-state index contributed by atoms with van der Waals surface area (Å²) in [5.74, 6) is 4.94. The number of rotatable bonds is 2. The number of H-pyrrole nitrogens is 1. The number of hydrogen-bond acceptors (Lipinski definition) is 3. The number of aliphatic hydroxyl groups is 1. The van der Waals surface area contributed by atoms with Crippen LogP contribution in [0.4, 0.5) is 5.69 Å². The third-order valence-electron chi connectivity index (χ3n) is 2.49. The molecule has 1 heterocycles. The first-order valence-electron chi connectivity index (χ1n) is 5.89. The van der Waals surface area contributed by atoms with Crippen LogP contribution >= 0.6 is 0 Å². The van der Waals surface area contributed by atoms with Gasteiger partial charge in [-0.25, -0.2) is 0 Å². The Morgan fingerprint density at radius 1 is 1.25 bits per heavy atom. The Labute approximate surface area is 115 Å². The minimum Gasteiger partial charge on any atom is -0.384 e. The lowest BCUT2D eigenvalue weighted by Gasteiger charge is -2.04. The number of aromatic amines is 1. The number of benzene rings is 1. The average Bonchev–Trinajstić information content (AvgIpc) is 2.46. The van der Waals surface area contributed by atoms with Crippen LogP contribution in [0.25, 0.3) is 0 Å². The molecule has 3 N–H and O–H groups in total. The maximum atomic E-state index is 11.9. The molecule has 0 unspecified atom stereocenters. The summed E-state index contributed by atoms with van der Waals surface area (Å²) >= 11 is 0. The van der Waals surface area contributed by atoms with E-state index in [1.807, 2.05) is 0 Å². The molecule has 1 amide bonds. The van der Waals surface area contributed by atoms with Crippen molar-refractivity contribution in [3.05, 3.63) is 64.1 Å². The van der Waals surface area contributed by atoms with Crippen molar-refractivity contribution in [3.63, 3.8) is 0 Å². The first kappa shape index (κ1) is 13.6. The van der Waals surface area contributed by atoms with E-state index in [0.29, 0.717) is 5.69 Å². The van der Waals surface area contributed by atoms with E-state index in [1.54, 1.807) is 24.3 Å². The number of carbonyl (C=O) groups is 1. The Morgan fingerprint density at radius 2 is 2.00 bits per heavy atom. The summed E-state index contributed by atoms with van der Waals surface area (Å²) in [5.41, 5.74) is 1.31. The highest BCUT2D eigenvalue weighted by molar-refractivity contribution is 6.04. The van der Waals surface area contributed by atoms with Gasteiger partial charge in [-0.2, -0.15) is 0 Å². The molecule has 5 heteroatoms. The third kappa shape index (κ3) is 3.57. The standard InChI is InChI=1S/C15H12N2O3/c18-9-1-2-11-3-5-13(6-4-11)17-15(20)12-7-8-16-14(19)10-12/h3-8,10,18H,9H2,(H,16,19)(H,17,20). The van der Waals surface area contributed by atoms with E-state index in [-0.39, 0.29) is 23.6 Å². The summed E-state index contributed by atoms with van der Waals surface area (Å²) < 4.78 is 0. The molecule has 0 radical (unpaired) electrons. The number of aliphatic hydroxyl groups excluding tert-OH is 1. The van der Waals surface area contributed by atoms with Gasteiger partial charge >= 0.3 is 0 Å². The number of amides is 1. The lowest BCUT2D eigenvalue weighted by Crippen LogP contribution is -2.15. The number of aromatic nitrogens is 1. The van der Waals surface area contributed by atoms with Gasteiger partial charge in [-0.05, 0) is 30.3 Å². The fourth-order valence-corrected chi connectivity index (χ4v) is 1.57. The zero-order valence-corrected chi connectivity index (χ0v) is 10.5. The molecule has 0 spiro atoms. The van der Waals surface area contributed by atoms with Crippen molar-refractivity contribution in [1.29, 1.82) is 0 Å². The van der Waals surface area contributed by atoms with Gasteiger partial charge in [-0.3, -0.25) is 9.59 Å². The van der Waals surface area contributed by atoms with Crippen molar-refractivity contribution in [1.82, 2.24) is 4.98 Å². The second-order valence-electron chi connectivity index (χ2n) is 3.93. The SMILES string of the molecule is O=C(Nc1ccc(C#CCO)cc1)c1cc[nH]c(=O)c1. The van der Waals surface area contributed by atoms with Crippen LogP contribution in [0.3, 0.4) is 0 Å². The molecule has 2 aromatic rings. The van der Waals surface area contributed by atoms with Crippen LogP contribution in [-0.2, 0) is 0 Å². The summed E-state index contributed by atoms with van der Waals surface area (Å²) in [5, 5.41) is 11.3. The summed E-state index contributed by atoms with van der Waals surface area (Å²) in [4.78, 5) is 25.5. The van der Waals surface area contributed by atoms with Gasteiger partial charge in [0, 0.05) is 29.1 Å². The van der Waals surface area contributed by atoms with Crippen LogP contribution in [-0.4, -0.2) is 22.6 Å². The number of nitrogens with one attached hydrogen (secondary N) is 2. The molecule has 0 aliphatic carbocycles. The van der Waals surface area contributed by atoms with E-state index in [2.05, 4.69) is 22.1 Å². The summed E-state index contributed by atoms with van der Waals surface area (Å²) in [6, 6.07) is 9.62. The average molecular weight is 268 g/mol. The van der Waals surface area contributed by atoms with Crippen LogP contribution in [0.5, 0.6) is 0 Å². The molecule has 1 aromatic heterocycles. The first-order valence-corrected chi connectivity index (χ1v) is 5.89. The minimum atomic E-state index is -0.356. The Morgan fingerprint density at radius 3 is 2.65 bits per heavy atom. The summed E-state index contributed by atoms with van der Waals surface area (Å²) in [6.07, 6.45) is 1.42. The van der Waals surface area contributed by atoms with E-state index in [9.17, 15) is 9.59 Å². The molecule has 100 valence electrons. The zero-order chi connectivity index (χ0) is 14.4. The maximum Gasteiger partial charge on any atom is 0.255 e. The monoisotopic (exact) mass is 268 g/mol. The number of pyridine rings is 1. The number of anilines is 1. The quantitative estimate of drug-likeness (QED) is 0.710. The highest BCUT2D eigenvalue weighted by Crippen LogP contribution is 2.10. The van der Waals surface area contributed by atoms with Gasteiger partial charge in [0.05, 0.1) is 0 Å². The highest BCUT2D eigenvalue weighted by atomic mass is 16.2.